The number of hydrogen-bond donors (Lipinski definition) is 2. The molecule has 5 nitrogen and oxygen atoms in total. The summed E-state index contributed by atoms with van der Waals surface area (Å²) in [5.41, 5.74) is 2.44. The van der Waals surface area contributed by atoms with E-state index in [1.165, 1.54) is 30.4 Å². The van der Waals surface area contributed by atoms with Crippen LogP contribution < -0.4 is 10.6 Å². The van der Waals surface area contributed by atoms with Crippen LogP contribution in [-0.4, -0.2) is 49.4 Å². The summed E-state index contributed by atoms with van der Waals surface area (Å²) in [6.45, 7) is 6.01. The zero-order chi connectivity index (χ0) is 19.6. The maximum Gasteiger partial charge on any atom is 0.191 e. The lowest BCUT2D eigenvalue weighted by Gasteiger charge is -2.22. The first-order valence-electron chi connectivity index (χ1n) is 10.6. The molecule has 2 aliphatic rings. The molecule has 2 atom stereocenters. The predicted molar refractivity (Wildman–Crippen MR) is 133 cm³/mol. The standard InChI is InChI=1S/C22H35N3O2S.HI/c1-3-23-22(25-19-8-9-21(14-19)28-2)24-15-17-4-6-18(7-5-17)16-27-20-10-12-26-13-11-20;/h4-7,19-21H,3,8-16H2,1-2H3,(H2,23,24,25);1H. The van der Waals surface area contributed by atoms with Gasteiger partial charge in [0.2, 0.25) is 0 Å². The lowest BCUT2D eigenvalue weighted by molar-refractivity contribution is -0.0390. The minimum atomic E-state index is 0. The normalized spacial score (nSPS) is 22.9. The van der Waals surface area contributed by atoms with Crippen LogP contribution in [0.5, 0.6) is 0 Å². The zero-order valence-corrected chi connectivity index (χ0v) is 20.8. The largest absolute Gasteiger partial charge is 0.381 e. The van der Waals surface area contributed by atoms with Crippen LogP contribution in [0, 0.1) is 0 Å². The molecule has 164 valence electrons. The van der Waals surface area contributed by atoms with E-state index in [0.717, 1.165) is 43.8 Å². The van der Waals surface area contributed by atoms with Gasteiger partial charge in [0, 0.05) is 31.1 Å². The van der Waals surface area contributed by atoms with Crippen LogP contribution >= 0.6 is 35.7 Å². The number of guanidine groups is 1. The van der Waals surface area contributed by atoms with Crippen LogP contribution in [-0.2, 0) is 22.6 Å². The van der Waals surface area contributed by atoms with Gasteiger partial charge in [-0.2, -0.15) is 11.8 Å². The molecule has 1 aromatic carbocycles. The van der Waals surface area contributed by atoms with E-state index >= 15 is 0 Å². The molecular formula is C22H36IN3O2S. The Bertz CT molecular complexity index is 609. The van der Waals surface area contributed by atoms with Gasteiger partial charge in [-0.25, -0.2) is 4.99 Å². The molecule has 1 saturated carbocycles. The van der Waals surface area contributed by atoms with Gasteiger partial charge in [0.15, 0.2) is 5.96 Å². The van der Waals surface area contributed by atoms with Crippen LogP contribution in [0.25, 0.3) is 0 Å². The van der Waals surface area contributed by atoms with Crippen molar-refractivity contribution in [2.75, 3.05) is 26.0 Å². The lowest BCUT2D eigenvalue weighted by atomic mass is 10.1. The molecule has 0 amide bonds. The van der Waals surface area contributed by atoms with Crippen molar-refractivity contribution in [1.29, 1.82) is 0 Å². The van der Waals surface area contributed by atoms with E-state index in [-0.39, 0.29) is 24.0 Å². The molecule has 0 radical (unpaired) electrons. The summed E-state index contributed by atoms with van der Waals surface area (Å²) in [4.78, 5) is 4.79. The number of aliphatic imine (C=N–C) groups is 1. The number of benzene rings is 1. The molecule has 2 N–H and O–H groups in total. The van der Waals surface area contributed by atoms with E-state index in [4.69, 9.17) is 14.5 Å². The molecule has 7 heteroatoms. The second kappa shape index (κ2) is 13.7. The first-order chi connectivity index (χ1) is 13.8. The number of nitrogens with zero attached hydrogens (tertiary/aromatic N) is 1. The van der Waals surface area contributed by atoms with Crippen LogP contribution in [0.1, 0.15) is 50.2 Å². The molecule has 1 saturated heterocycles. The second-order valence-corrected chi connectivity index (χ2v) is 8.78. The van der Waals surface area contributed by atoms with Gasteiger partial charge in [-0.1, -0.05) is 24.3 Å². The van der Waals surface area contributed by atoms with Crippen molar-refractivity contribution in [3.63, 3.8) is 0 Å². The Hall–Kier alpha value is -0.510. The van der Waals surface area contributed by atoms with Gasteiger partial charge in [0.05, 0.1) is 19.3 Å². The average Bonchev–Trinajstić information content (AvgIpc) is 3.20. The SMILES string of the molecule is CCNC(=NCc1ccc(COC2CCOCC2)cc1)NC1CCC(SC)C1.I. The number of ether oxygens (including phenoxy) is 2. The molecule has 1 heterocycles. The third-order valence-electron chi connectivity index (χ3n) is 5.50. The van der Waals surface area contributed by atoms with Crippen molar-refractivity contribution < 1.29 is 9.47 Å². The van der Waals surface area contributed by atoms with Crippen LogP contribution in [0.4, 0.5) is 0 Å². The molecule has 1 aromatic rings. The Kier molecular flexibility index (Phi) is 11.7. The maximum atomic E-state index is 6.00. The number of hydrogen-bond acceptors (Lipinski definition) is 4. The molecule has 2 unspecified atom stereocenters. The third kappa shape index (κ3) is 8.63. The summed E-state index contributed by atoms with van der Waals surface area (Å²) in [5.74, 6) is 0.932. The minimum absolute atomic E-state index is 0. The second-order valence-electron chi connectivity index (χ2n) is 7.65. The molecule has 0 aromatic heterocycles. The molecule has 1 aliphatic heterocycles. The Morgan fingerprint density at radius 2 is 1.86 bits per heavy atom. The topological polar surface area (TPSA) is 54.9 Å². The predicted octanol–water partition coefficient (Wildman–Crippen LogP) is 4.34. The van der Waals surface area contributed by atoms with Crippen molar-refractivity contribution in [1.82, 2.24) is 10.6 Å². The summed E-state index contributed by atoms with van der Waals surface area (Å²) >= 11 is 1.98. The first-order valence-corrected chi connectivity index (χ1v) is 11.9. The Labute approximate surface area is 197 Å². The highest BCUT2D eigenvalue weighted by atomic mass is 127. The van der Waals surface area contributed by atoms with Crippen molar-refractivity contribution >= 4 is 41.7 Å². The summed E-state index contributed by atoms with van der Waals surface area (Å²) < 4.78 is 11.4. The van der Waals surface area contributed by atoms with Gasteiger partial charge < -0.3 is 20.1 Å². The summed E-state index contributed by atoms with van der Waals surface area (Å²) in [5, 5.41) is 7.79. The molecular weight excluding hydrogens is 497 g/mol. The lowest BCUT2D eigenvalue weighted by Crippen LogP contribution is -2.42. The quantitative estimate of drug-likeness (QED) is 0.296. The maximum absolute atomic E-state index is 6.00. The van der Waals surface area contributed by atoms with E-state index in [1.807, 2.05) is 11.8 Å². The Morgan fingerprint density at radius 1 is 1.14 bits per heavy atom. The van der Waals surface area contributed by atoms with E-state index in [0.29, 0.717) is 25.3 Å². The average molecular weight is 534 g/mol. The van der Waals surface area contributed by atoms with Crippen molar-refractivity contribution in [3.8, 4) is 0 Å². The van der Waals surface area contributed by atoms with Gasteiger partial charge in [0.1, 0.15) is 0 Å². The smallest absolute Gasteiger partial charge is 0.191 e. The number of nitrogens with one attached hydrogen (secondary N) is 2. The Balaban J connectivity index is 0.00000300. The molecule has 0 spiro atoms. The molecule has 2 fully saturated rings. The zero-order valence-electron chi connectivity index (χ0n) is 17.7. The summed E-state index contributed by atoms with van der Waals surface area (Å²) in [7, 11) is 0. The number of halogens is 1. The van der Waals surface area contributed by atoms with Gasteiger partial charge >= 0.3 is 0 Å². The minimum Gasteiger partial charge on any atom is -0.381 e. The molecule has 0 bridgehead atoms. The van der Waals surface area contributed by atoms with Crippen molar-refractivity contribution in [2.45, 2.75) is 69.6 Å². The van der Waals surface area contributed by atoms with Crippen molar-refractivity contribution in [3.05, 3.63) is 35.4 Å². The van der Waals surface area contributed by atoms with Gasteiger partial charge in [0.25, 0.3) is 0 Å². The van der Waals surface area contributed by atoms with Crippen LogP contribution in [0.2, 0.25) is 0 Å². The molecule has 29 heavy (non-hydrogen) atoms. The highest BCUT2D eigenvalue weighted by Crippen LogP contribution is 2.28. The highest BCUT2D eigenvalue weighted by molar-refractivity contribution is 14.0. The summed E-state index contributed by atoms with van der Waals surface area (Å²) in [6.07, 6.45) is 8.33. The first kappa shape index (κ1) is 24.8. The van der Waals surface area contributed by atoms with Gasteiger partial charge in [-0.05, 0) is 56.4 Å². The van der Waals surface area contributed by atoms with Crippen LogP contribution in [0.15, 0.2) is 29.3 Å². The van der Waals surface area contributed by atoms with E-state index in [2.05, 4.69) is 48.1 Å². The Morgan fingerprint density at radius 3 is 2.52 bits per heavy atom. The number of thioether (sulfide) groups is 1. The molecule has 3 rings (SSSR count). The highest BCUT2D eigenvalue weighted by Gasteiger charge is 2.24. The molecule has 1 aliphatic carbocycles. The van der Waals surface area contributed by atoms with Gasteiger partial charge in [-0.15, -0.1) is 24.0 Å². The third-order valence-corrected chi connectivity index (χ3v) is 6.59. The van der Waals surface area contributed by atoms with Crippen LogP contribution in [0.3, 0.4) is 0 Å². The van der Waals surface area contributed by atoms with E-state index in [9.17, 15) is 0 Å². The summed E-state index contributed by atoms with van der Waals surface area (Å²) in [6, 6.07) is 9.18. The monoisotopic (exact) mass is 533 g/mol. The van der Waals surface area contributed by atoms with Gasteiger partial charge in [-0.3, -0.25) is 0 Å². The van der Waals surface area contributed by atoms with E-state index < -0.39 is 0 Å². The number of rotatable bonds is 8. The fraction of sp³-hybridized carbons (Fsp3) is 0.682. The fourth-order valence-corrected chi connectivity index (χ4v) is 4.56. The fourth-order valence-electron chi connectivity index (χ4n) is 3.77. The van der Waals surface area contributed by atoms with Crippen molar-refractivity contribution in [2.24, 2.45) is 4.99 Å². The van der Waals surface area contributed by atoms with E-state index in [1.54, 1.807) is 0 Å².